The summed E-state index contributed by atoms with van der Waals surface area (Å²) in [5.74, 6) is -0.280. The van der Waals surface area contributed by atoms with Gasteiger partial charge in [-0.1, -0.05) is 34.1 Å². The van der Waals surface area contributed by atoms with Crippen molar-refractivity contribution in [1.29, 1.82) is 0 Å². The van der Waals surface area contributed by atoms with E-state index >= 15 is 0 Å². The zero-order chi connectivity index (χ0) is 13.1. The third kappa shape index (κ3) is 7.11. The van der Waals surface area contributed by atoms with Gasteiger partial charge in [0.2, 0.25) is 0 Å². The summed E-state index contributed by atoms with van der Waals surface area (Å²) in [5, 5.41) is 0. The molecule has 4 nitrogen and oxygen atoms in total. The van der Waals surface area contributed by atoms with E-state index in [1.807, 2.05) is 13.8 Å². The number of aromatic nitrogens is 2. The molecular weight excluding hydrogens is 224 g/mol. The van der Waals surface area contributed by atoms with Crippen molar-refractivity contribution in [2.75, 3.05) is 0 Å². The van der Waals surface area contributed by atoms with Gasteiger partial charge in [-0.25, -0.2) is 0 Å². The van der Waals surface area contributed by atoms with Crippen LogP contribution in [0.5, 0.6) is 0 Å². The van der Waals surface area contributed by atoms with Gasteiger partial charge in [-0.2, -0.15) is 0 Å². The first-order valence-corrected chi connectivity index (χ1v) is 5.76. The van der Waals surface area contributed by atoms with Crippen LogP contribution < -0.4 is 5.56 Å². The third-order valence-electron chi connectivity index (χ3n) is 1.20. The summed E-state index contributed by atoms with van der Waals surface area (Å²) in [6.07, 6.45) is 2.56. The van der Waals surface area contributed by atoms with E-state index < -0.39 is 5.56 Å². The molecule has 2 N–H and O–H groups in total. The summed E-state index contributed by atoms with van der Waals surface area (Å²) in [6, 6.07) is 0. The first-order chi connectivity index (χ1) is 7.52. The molecule has 0 fully saturated rings. The Kier molecular flexibility index (Phi) is 11.0. The highest BCUT2D eigenvalue weighted by Crippen LogP contribution is 1.87. The molecule has 1 rings (SSSR count). The van der Waals surface area contributed by atoms with Gasteiger partial charge in [0.15, 0.2) is 10.6 Å². The second-order valence-electron chi connectivity index (χ2n) is 2.75. The molecule has 0 spiro atoms. The van der Waals surface area contributed by atoms with E-state index in [0.717, 1.165) is 0 Å². The van der Waals surface area contributed by atoms with Gasteiger partial charge in [-0.05, 0) is 19.1 Å². The van der Waals surface area contributed by atoms with Gasteiger partial charge in [0, 0.05) is 6.20 Å². The topological polar surface area (TPSA) is 65.7 Å². The Bertz CT molecular complexity index is 407. The van der Waals surface area contributed by atoms with Gasteiger partial charge in [-0.3, -0.25) is 14.6 Å². The van der Waals surface area contributed by atoms with E-state index in [-0.39, 0.29) is 16.1 Å². The summed E-state index contributed by atoms with van der Waals surface area (Å²) in [5.41, 5.74) is -0.347. The average molecular weight is 244 g/mol. The zero-order valence-electron chi connectivity index (χ0n) is 10.5. The number of ketones is 1. The summed E-state index contributed by atoms with van der Waals surface area (Å²) in [6.45, 7) is 9.57. The summed E-state index contributed by atoms with van der Waals surface area (Å²) < 4.78 is 0.222. The molecule has 5 heteroatoms. The monoisotopic (exact) mass is 244 g/mol. The van der Waals surface area contributed by atoms with E-state index in [9.17, 15) is 9.59 Å². The van der Waals surface area contributed by atoms with Crippen LogP contribution >= 0.6 is 12.2 Å². The maximum absolute atomic E-state index is 10.9. The minimum Gasteiger partial charge on any atom is -0.338 e. The molecule has 0 aromatic carbocycles. The highest BCUT2D eigenvalue weighted by Gasteiger charge is 2.02. The molecular formula is C11H20N2O2S. The molecule has 1 aromatic rings. The van der Waals surface area contributed by atoms with Gasteiger partial charge < -0.3 is 4.98 Å². The molecule has 1 heterocycles. The number of hydrogen-bond acceptors (Lipinski definition) is 3. The van der Waals surface area contributed by atoms with Crippen molar-refractivity contribution in [1.82, 2.24) is 9.97 Å². The first-order valence-electron chi connectivity index (χ1n) is 5.35. The van der Waals surface area contributed by atoms with Crippen LogP contribution in [0.4, 0.5) is 0 Å². The molecule has 0 aliphatic rings. The van der Waals surface area contributed by atoms with E-state index in [2.05, 4.69) is 36.0 Å². The molecule has 1 aromatic heterocycles. The van der Waals surface area contributed by atoms with Gasteiger partial charge in [0.1, 0.15) is 0 Å². The number of nitrogens with one attached hydrogen (secondary N) is 2. The Morgan fingerprint density at radius 2 is 1.81 bits per heavy atom. The number of carbonyl (C=O) groups excluding carboxylic acids is 1. The molecule has 0 atom stereocenters. The number of H-pyrrole nitrogens is 2. The predicted molar refractivity (Wildman–Crippen MR) is 69.6 cm³/mol. The second kappa shape index (κ2) is 10.3. The molecule has 0 unspecified atom stereocenters. The standard InChI is InChI=1S/C6H6N2O2S.C3H8.C2H6/c1-3(9)4-2-7-6(11)8-5(4)10;1-3-2;1-2/h2H,1H3,(H2,7,8,10,11);3H2,1-2H3;1-2H3. The minimum absolute atomic E-state index is 0.0959. The molecule has 0 amide bonds. The summed E-state index contributed by atoms with van der Waals surface area (Å²) in [4.78, 5) is 26.5. The summed E-state index contributed by atoms with van der Waals surface area (Å²) >= 11 is 4.62. The molecule has 16 heavy (non-hydrogen) atoms. The van der Waals surface area contributed by atoms with Crippen LogP contribution in [0.3, 0.4) is 0 Å². The lowest BCUT2D eigenvalue weighted by molar-refractivity contribution is 0.101. The molecule has 0 bridgehead atoms. The maximum atomic E-state index is 10.9. The molecule has 0 saturated carbocycles. The number of carbonyl (C=O) groups is 1. The largest absolute Gasteiger partial charge is 0.338 e. The second-order valence-corrected chi connectivity index (χ2v) is 3.16. The lowest BCUT2D eigenvalue weighted by Gasteiger charge is -1.91. The SMILES string of the molecule is CC.CC(=O)c1c[nH]c(=S)[nH]c1=O.CCC. The van der Waals surface area contributed by atoms with Crippen LogP contribution in [0, 0.1) is 4.77 Å². The van der Waals surface area contributed by atoms with Crippen LogP contribution in [0.1, 0.15) is 51.4 Å². The Labute approximate surface area is 101 Å². The fraction of sp³-hybridized carbons (Fsp3) is 0.545. The average Bonchev–Trinajstić information content (AvgIpc) is 2.21. The Hall–Kier alpha value is -1.23. The number of aromatic amines is 2. The van der Waals surface area contributed by atoms with E-state index in [1.54, 1.807) is 0 Å². The molecule has 0 aliphatic carbocycles. The first kappa shape index (κ1) is 17.2. The third-order valence-corrected chi connectivity index (χ3v) is 1.42. The highest BCUT2D eigenvalue weighted by molar-refractivity contribution is 7.71. The van der Waals surface area contributed by atoms with Crippen molar-refractivity contribution < 1.29 is 4.79 Å². The lowest BCUT2D eigenvalue weighted by Crippen LogP contribution is -2.16. The van der Waals surface area contributed by atoms with Gasteiger partial charge >= 0.3 is 0 Å². The number of rotatable bonds is 1. The Morgan fingerprint density at radius 1 is 1.38 bits per heavy atom. The highest BCUT2D eigenvalue weighted by atomic mass is 32.1. The van der Waals surface area contributed by atoms with Crippen LogP contribution in [-0.4, -0.2) is 15.8 Å². The number of Topliss-reactive ketones (excluding diaryl/α,β-unsaturated/α-hetero) is 1. The fourth-order valence-corrected chi connectivity index (χ4v) is 0.823. The van der Waals surface area contributed by atoms with Crippen molar-refractivity contribution in [2.45, 2.75) is 41.0 Å². The molecule has 0 aliphatic heterocycles. The van der Waals surface area contributed by atoms with Crippen molar-refractivity contribution in [3.63, 3.8) is 0 Å². The van der Waals surface area contributed by atoms with Crippen LogP contribution in [0.2, 0.25) is 0 Å². The zero-order valence-corrected chi connectivity index (χ0v) is 11.3. The normalized spacial score (nSPS) is 8.06. The molecule has 0 radical (unpaired) electrons. The smallest absolute Gasteiger partial charge is 0.262 e. The summed E-state index contributed by atoms with van der Waals surface area (Å²) in [7, 11) is 0. The van der Waals surface area contributed by atoms with Crippen LogP contribution in [0.15, 0.2) is 11.0 Å². The van der Waals surface area contributed by atoms with Gasteiger partial charge in [-0.15, -0.1) is 0 Å². The van der Waals surface area contributed by atoms with Crippen LogP contribution in [0.25, 0.3) is 0 Å². The van der Waals surface area contributed by atoms with Crippen molar-refractivity contribution in [3.05, 3.63) is 26.9 Å². The van der Waals surface area contributed by atoms with Crippen LogP contribution in [-0.2, 0) is 0 Å². The quantitative estimate of drug-likeness (QED) is 0.589. The fourth-order valence-electron chi connectivity index (χ4n) is 0.671. The molecule has 92 valence electrons. The van der Waals surface area contributed by atoms with Crippen molar-refractivity contribution in [2.24, 2.45) is 0 Å². The maximum Gasteiger partial charge on any atom is 0.262 e. The predicted octanol–water partition coefficient (Wildman–Crippen LogP) is 3.08. The van der Waals surface area contributed by atoms with Gasteiger partial charge in [0.05, 0.1) is 5.56 Å². The Balaban J connectivity index is 0. The molecule has 0 saturated heterocycles. The minimum atomic E-state index is -0.443. The lowest BCUT2D eigenvalue weighted by atomic mass is 10.2. The van der Waals surface area contributed by atoms with Gasteiger partial charge in [0.25, 0.3) is 5.56 Å². The van der Waals surface area contributed by atoms with Crippen molar-refractivity contribution >= 4 is 18.0 Å². The van der Waals surface area contributed by atoms with Crippen molar-refractivity contribution in [3.8, 4) is 0 Å². The Morgan fingerprint density at radius 3 is 2.12 bits per heavy atom. The van der Waals surface area contributed by atoms with E-state index in [1.165, 1.54) is 19.5 Å². The number of hydrogen-bond donors (Lipinski definition) is 2. The van der Waals surface area contributed by atoms with E-state index in [4.69, 9.17) is 0 Å². The van der Waals surface area contributed by atoms with E-state index in [0.29, 0.717) is 0 Å².